The third kappa shape index (κ3) is 5.13. The molecule has 0 aliphatic carbocycles. The number of hydrogen-bond acceptors (Lipinski definition) is 5. The van der Waals surface area contributed by atoms with Crippen LogP contribution in [0, 0.1) is 11.7 Å². The molecule has 2 unspecified atom stereocenters. The van der Waals surface area contributed by atoms with Gasteiger partial charge in [0.1, 0.15) is 10.8 Å². The van der Waals surface area contributed by atoms with Gasteiger partial charge < -0.3 is 10.2 Å². The van der Waals surface area contributed by atoms with Crippen molar-refractivity contribution in [2.24, 2.45) is 5.92 Å². The summed E-state index contributed by atoms with van der Waals surface area (Å²) >= 11 is 1.39. The number of rotatable bonds is 8. The second kappa shape index (κ2) is 9.23. The first-order chi connectivity index (χ1) is 13.5. The SMILES string of the molecule is CCCC(C)c1nnc(NC(=O)C2CC(=O)N(CCc3ccc(F)cc3)C2)s1. The van der Waals surface area contributed by atoms with Crippen molar-refractivity contribution in [2.75, 3.05) is 18.4 Å². The predicted octanol–water partition coefficient (Wildman–Crippen LogP) is 3.61. The number of amides is 2. The molecule has 2 amide bonds. The van der Waals surface area contributed by atoms with E-state index in [1.807, 2.05) is 0 Å². The monoisotopic (exact) mass is 404 g/mol. The van der Waals surface area contributed by atoms with Gasteiger partial charge in [-0.3, -0.25) is 9.59 Å². The van der Waals surface area contributed by atoms with E-state index in [9.17, 15) is 14.0 Å². The molecule has 28 heavy (non-hydrogen) atoms. The number of anilines is 1. The summed E-state index contributed by atoms with van der Waals surface area (Å²) in [5.41, 5.74) is 0.963. The molecule has 1 N–H and O–H groups in total. The molecule has 2 heterocycles. The molecular formula is C20H25FN4O2S. The molecular weight excluding hydrogens is 379 g/mol. The van der Waals surface area contributed by atoms with Crippen LogP contribution in [-0.2, 0) is 16.0 Å². The van der Waals surface area contributed by atoms with E-state index in [-0.39, 0.29) is 30.0 Å². The van der Waals surface area contributed by atoms with E-state index in [0.29, 0.717) is 30.6 Å². The summed E-state index contributed by atoms with van der Waals surface area (Å²) in [6, 6.07) is 6.25. The molecule has 3 rings (SSSR count). The van der Waals surface area contributed by atoms with Crippen molar-refractivity contribution in [1.29, 1.82) is 0 Å². The van der Waals surface area contributed by atoms with Gasteiger partial charge in [0.25, 0.3) is 0 Å². The van der Waals surface area contributed by atoms with E-state index in [1.54, 1.807) is 17.0 Å². The minimum absolute atomic E-state index is 0.0308. The average Bonchev–Trinajstić information content (AvgIpc) is 3.28. The highest BCUT2D eigenvalue weighted by molar-refractivity contribution is 7.15. The summed E-state index contributed by atoms with van der Waals surface area (Å²) in [6.45, 7) is 5.14. The van der Waals surface area contributed by atoms with E-state index in [1.165, 1.54) is 23.5 Å². The Morgan fingerprint density at radius 3 is 2.82 bits per heavy atom. The molecule has 1 saturated heterocycles. The van der Waals surface area contributed by atoms with Crippen molar-refractivity contribution >= 4 is 28.3 Å². The number of nitrogens with zero attached hydrogens (tertiary/aromatic N) is 3. The Morgan fingerprint density at radius 1 is 1.36 bits per heavy atom. The molecule has 1 fully saturated rings. The second-order valence-corrected chi connectivity index (χ2v) is 8.25. The fourth-order valence-electron chi connectivity index (χ4n) is 3.33. The Morgan fingerprint density at radius 2 is 2.11 bits per heavy atom. The second-order valence-electron chi connectivity index (χ2n) is 7.24. The van der Waals surface area contributed by atoms with Crippen LogP contribution in [0.3, 0.4) is 0 Å². The van der Waals surface area contributed by atoms with Crippen molar-refractivity contribution in [3.05, 3.63) is 40.7 Å². The number of aromatic nitrogens is 2. The van der Waals surface area contributed by atoms with Crippen LogP contribution < -0.4 is 5.32 Å². The highest BCUT2D eigenvalue weighted by Crippen LogP contribution is 2.27. The van der Waals surface area contributed by atoms with Crippen molar-refractivity contribution in [3.63, 3.8) is 0 Å². The van der Waals surface area contributed by atoms with Gasteiger partial charge >= 0.3 is 0 Å². The Hall–Kier alpha value is -2.35. The third-order valence-corrected chi connectivity index (χ3v) is 6.05. The number of likely N-dealkylation sites (tertiary alicyclic amines) is 1. The molecule has 0 bridgehead atoms. The smallest absolute Gasteiger partial charge is 0.231 e. The van der Waals surface area contributed by atoms with Crippen molar-refractivity contribution in [1.82, 2.24) is 15.1 Å². The minimum Gasteiger partial charge on any atom is -0.342 e. The van der Waals surface area contributed by atoms with Gasteiger partial charge in [0, 0.05) is 25.4 Å². The molecule has 2 atom stereocenters. The molecule has 1 aliphatic rings. The minimum atomic E-state index is -0.388. The number of carbonyl (C=O) groups is 2. The van der Waals surface area contributed by atoms with E-state index in [4.69, 9.17) is 0 Å². The van der Waals surface area contributed by atoms with Crippen LogP contribution in [0.5, 0.6) is 0 Å². The quantitative estimate of drug-likeness (QED) is 0.729. The maximum Gasteiger partial charge on any atom is 0.231 e. The molecule has 1 aromatic heterocycles. The topological polar surface area (TPSA) is 75.2 Å². The number of benzene rings is 1. The van der Waals surface area contributed by atoms with Crippen molar-refractivity contribution in [2.45, 2.75) is 45.4 Å². The first-order valence-corrected chi connectivity index (χ1v) is 10.4. The van der Waals surface area contributed by atoms with Crippen molar-refractivity contribution in [3.8, 4) is 0 Å². The lowest BCUT2D eigenvalue weighted by atomic mass is 10.1. The Kier molecular flexibility index (Phi) is 6.72. The van der Waals surface area contributed by atoms with E-state index in [2.05, 4.69) is 29.4 Å². The molecule has 1 aromatic carbocycles. The van der Waals surface area contributed by atoms with Crippen LogP contribution in [0.15, 0.2) is 24.3 Å². The van der Waals surface area contributed by atoms with Crippen LogP contribution >= 0.6 is 11.3 Å². The zero-order valence-electron chi connectivity index (χ0n) is 16.2. The van der Waals surface area contributed by atoms with Gasteiger partial charge in [0.2, 0.25) is 16.9 Å². The van der Waals surface area contributed by atoms with E-state index in [0.717, 1.165) is 23.4 Å². The first kappa shape index (κ1) is 20.4. The summed E-state index contributed by atoms with van der Waals surface area (Å²) in [5.74, 6) is -0.564. The van der Waals surface area contributed by atoms with Gasteiger partial charge in [-0.2, -0.15) is 0 Å². The Balaban J connectivity index is 1.51. The normalized spacial score (nSPS) is 17.8. The average molecular weight is 405 g/mol. The number of nitrogens with one attached hydrogen (secondary N) is 1. The fraction of sp³-hybridized carbons (Fsp3) is 0.500. The molecule has 150 valence electrons. The standard InChI is InChI=1S/C20H25FN4O2S/c1-3-4-13(2)19-23-24-20(28-19)22-18(27)15-11-17(26)25(12-15)10-9-14-5-7-16(21)8-6-14/h5-8,13,15H,3-4,9-12H2,1-2H3,(H,22,24,27). The molecule has 0 saturated carbocycles. The summed E-state index contributed by atoms with van der Waals surface area (Å²) in [5, 5.41) is 12.4. The first-order valence-electron chi connectivity index (χ1n) is 9.62. The van der Waals surface area contributed by atoms with Crippen LogP contribution in [0.25, 0.3) is 0 Å². The summed E-state index contributed by atoms with van der Waals surface area (Å²) < 4.78 is 13.0. The lowest BCUT2D eigenvalue weighted by Gasteiger charge is -2.16. The number of carbonyl (C=O) groups excluding carboxylic acids is 2. The maximum atomic E-state index is 13.0. The molecule has 0 radical (unpaired) electrons. The van der Waals surface area contributed by atoms with Crippen LogP contribution in [0.4, 0.5) is 9.52 Å². The molecule has 8 heteroatoms. The van der Waals surface area contributed by atoms with E-state index >= 15 is 0 Å². The summed E-state index contributed by atoms with van der Waals surface area (Å²) in [7, 11) is 0. The van der Waals surface area contributed by atoms with Gasteiger partial charge in [-0.1, -0.05) is 43.7 Å². The predicted molar refractivity (Wildman–Crippen MR) is 107 cm³/mol. The summed E-state index contributed by atoms with van der Waals surface area (Å²) in [6.07, 6.45) is 2.94. The number of halogens is 1. The highest BCUT2D eigenvalue weighted by atomic mass is 32.1. The maximum absolute atomic E-state index is 13.0. The molecule has 1 aliphatic heterocycles. The lowest BCUT2D eigenvalue weighted by molar-refractivity contribution is -0.128. The number of hydrogen-bond donors (Lipinski definition) is 1. The van der Waals surface area contributed by atoms with Gasteiger partial charge in [-0.05, 0) is 30.5 Å². The highest BCUT2D eigenvalue weighted by Gasteiger charge is 2.34. The molecule has 6 nitrogen and oxygen atoms in total. The van der Waals surface area contributed by atoms with E-state index < -0.39 is 0 Å². The fourth-order valence-corrected chi connectivity index (χ4v) is 4.16. The largest absolute Gasteiger partial charge is 0.342 e. The molecule has 2 aromatic rings. The Labute approximate surface area is 168 Å². The van der Waals surface area contributed by atoms with Crippen LogP contribution in [0.1, 0.15) is 49.6 Å². The van der Waals surface area contributed by atoms with Crippen LogP contribution in [0.2, 0.25) is 0 Å². The van der Waals surface area contributed by atoms with Gasteiger partial charge in [-0.25, -0.2) is 4.39 Å². The Bertz CT molecular complexity index is 824. The van der Waals surface area contributed by atoms with Crippen molar-refractivity contribution < 1.29 is 14.0 Å². The molecule has 0 spiro atoms. The third-order valence-electron chi connectivity index (χ3n) is 4.98. The van der Waals surface area contributed by atoms with Crippen LogP contribution in [-0.4, -0.2) is 40.0 Å². The van der Waals surface area contributed by atoms with Gasteiger partial charge in [0.15, 0.2) is 0 Å². The zero-order chi connectivity index (χ0) is 20.1. The zero-order valence-corrected chi connectivity index (χ0v) is 17.0. The summed E-state index contributed by atoms with van der Waals surface area (Å²) in [4.78, 5) is 26.5. The van der Waals surface area contributed by atoms with Gasteiger partial charge in [0.05, 0.1) is 5.92 Å². The van der Waals surface area contributed by atoms with Gasteiger partial charge in [-0.15, -0.1) is 10.2 Å². The lowest BCUT2D eigenvalue weighted by Crippen LogP contribution is -2.30.